The fraction of sp³-hybridized carbons (Fsp3) is 0.0769. The second-order valence-electron chi connectivity index (χ2n) is 3.88. The summed E-state index contributed by atoms with van der Waals surface area (Å²) < 4.78 is 13.6. The van der Waals surface area contributed by atoms with Gasteiger partial charge in [-0.05, 0) is 12.1 Å². The van der Waals surface area contributed by atoms with Gasteiger partial charge in [-0.3, -0.25) is 0 Å². The SMILES string of the molecule is Oc1csc(Cc2nc(-c3ccccc3F)cs2)n1. The molecule has 0 saturated carbocycles. The normalized spacial score (nSPS) is 10.8. The van der Waals surface area contributed by atoms with E-state index < -0.39 is 0 Å². The summed E-state index contributed by atoms with van der Waals surface area (Å²) in [6, 6.07) is 6.58. The molecule has 0 unspecified atom stereocenters. The Morgan fingerprint density at radius 1 is 1.05 bits per heavy atom. The third kappa shape index (κ3) is 2.64. The van der Waals surface area contributed by atoms with Crippen molar-refractivity contribution >= 4 is 22.7 Å². The molecule has 0 saturated heterocycles. The van der Waals surface area contributed by atoms with Crippen LogP contribution in [0.1, 0.15) is 10.0 Å². The fourth-order valence-electron chi connectivity index (χ4n) is 1.70. The Labute approximate surface area is 117 Å². The maximum absolute atomic E-state index is 13.6. The number of hydrogen-bond acceptors (Lipinski definition) is 5. The van der Waals surface area contributed by atoms with Gasteiger partial charge in [0.2, 0.25) is 5.88 Å². The van der Waals surface area contributed by atoms with Gasteiger partial charge in [-0.2, -0.15) is 0 Å². The molecule has 0 atom stereocenters. The van der Waals surface area contributed by atoms with E-state index in [1.54, 1.807) is 23.6 Å². The molecular formula is C13H9FN2OS2. The number of hydrogen-bond donors (Lipinski definition) is 1. The molecule has 6 heteroatoms. The van der Waals surface area contributed by atoms with E-state index in [1.165, 1.54) is 28.7 Å². The van der Waals surface area contributed by atoms with Gasteiger partial charge in [0, 0.05) is 10.9 Å². The molecule has 3 aromatic rings. The number of rotatable bonds is 3. The van der Waals surface area contributed by atoms with Crippen LogP contribution in [0, 0.1) is 5.82 Å². The van der Waals surface area contributed by atoms with Crippen molar-refractivity contribution < 1.29 is 9.50 Å². The predicted molar refractivity (Wildman–Crippen MR) is 74.1 cm³/mol. The summed E-state index contributed by atoms with van der Waals surface area (Å²) in [6.07, 6.45) is 0.560. The van der Waals surface area contributed by atoms with Crippen LogP contribution in [-0.2, 0) is 6.42 Å². The first-order chi connectivity index (χ1) is 9.22. The van der Waals surface area contributed by atoms with Crippen molar-refractivity contribution in [2.45, 2.75) is 6.42 Å². The second-order valence-corrected chi connectivity index (χ2v) is 5.77. The zero-order valence-electron chi connectivity index (χ0n) is 9.71. The highest BCUT2D eigenvalue weighted by Gasteiger charge is 2.10. The van der Waals surface area contributed by atoms with Crippen LogP contribution in [0.2, 0.25) is 0 Å². The van der Waals surface area contributed by atoms with Gasteiger partial charge in [-0.15, -0.1) is 22.7 Å². The van der Waals surface area contributed by atoms with Crippen molar-refractivity contribution in [2.75, 3.05) is 0 Å². The Hall–Kier alpha value is -1.79. The lowest BCUT2D eigenvalue weighted by molar-refractivity contribution is 0.456. The van der Waals surface area contributed by atoms with Crippen LogP contribution in [0.25, 0.3) is 11.3 Å². The standard InChI is InChI=1S/C13H9FN2OS2/c14-9-4-2-1-3-8(9)10-6-18-12(15-10)5-13-16-11(17)7-19-13/h1-4,6-7,17H,5H2. The number of thiazole rings is 2. The lowest BCUT2D eigenvalue weighted by atomic mass is 10.1. The summed E-state index contributed by atoms with van der Waals surface area (Å²) in [7, 11) is 0. The third-order valence-electron chi connectivity index (χ3n) is 2.54. The quantitative estimate of drug-likeness (QED) is 0.800. The van der Waals surface area contributed by atoms with E-state index in [4.69, 9.17) is 0 Å². The van der Waals surface area contributed by atoms with E-state index in [-0.39, 0.29) is 11.7 Å². The van der Waals surface area contributed by atoms with Gasteiger partial charge in [0.15, 0.2) is 0 Å². The lowest BCUT2D eigenvalue weighted by Gasteiger charge is -1.97. The molecule has 0 radical (unpaired) electrons. The van der Waals surface area contributed by atoms with Crippen LogP contribution in [0.3, 0.4) is 0 Å². The Balaban J connectivity index is 1.86. The highest BCUT2D eigenvalue weighted by atomic mass is 32.1. The first kappa shape index (κ1) is 12.3. The molecule has 3 nitrogen and oxygen atoms in total. The lowest BCUT2D eigenvalue weighted by Crippen LogP contribution is -1.88. The van der Waals surface area contributed by atoms with E-state index in [2.05, 4.69) is 9.97 Å². The van der Waals surface area contributed by atoms with Gasteiger partial charge >= 0.3 is 0 Å². The zero-order valence-corrected chi connectivity index (χ0v) is 11.3. The van der Waals surface area contributed by atoms with Crippen LogP contribution in [0.4, 0.5) is 4.39 Å². The molecule has 0 fully saturated rings. The zero-order chi connectivity index (χ0) is 13.2. The number of benzene rings is 1. The highest BCUT2D eigenvalue weighted by Crippen LogP contribution is 2.26. The molecule has 0 amide bonds. The summed E-state index contributed by atoms with van der Waals surface area (Å²) in [5, 5.41) is 14.3. The largest absolute Gasteiger partial charge is 0.493 e. The summed E-state index contributed by atoms with van der Waals surface area (Å²) in [6.45, 7) is 0. The molecule has 19 heavy (non-hydrogen) atoms. The maximum Gasteiger partial charge on any atom is 0.222 e. The van der Waals surface area contributed by atoms with Gasteiger partial charge in [0.05, 0.1) is 17.5 Å². The van der Waals surface area contributed by atoms with Gasteiger partial charge in [0.25, 0.3) is 0 Å². The second kappa shape index (κ2) is 5.07. The Morgan fingerprint density at radius 3 is 2.53 bits per heavy atom. The minimum atomic E-state index is -0.272. The fourth-order valence-corrected chi connectivity index (χ4v) is 3.25. The average molecular weight is 292 g/mol. The van der Waals surface area contributed by atoms with Crippen LogP contribution >= 0.6 is 22.7 Å². The van der Waals surface area contributed by atoms with E-state index in [0.29, 0.717) is 17.7 Å². The average Bonchev–Trinajstić information content (AvgIpc) is 3.00. The van der Waals surface area contributed by atoms with Crippen molar-refractivity contribution in [2.24, 2.45) is 0 Å². The molecule has 3 rings (SSSR count). The van der Waals surface area contributed by atoms with Gasteiger partial charge < -0.3 is 5.11 Å². The first-order valence-corrected chi connectivity index (χ1v) is 7.31. The van der Waals surface area contributed by atoms with Crippen LogP contribution in [-0.4, -0.2) is 15.1 Å². The molecule has 1 aromatic carbocycles. The topological polar surface area (TPSA) is 46.0 Å². The molecule has 0 aliphatic heterocycles. The first-order valence-electron chi connectivity index (χ1n) is 5.55. The van der Waals surface area contributed by atoms with Gasteiger partial charge in [-0.25, -0.2) is 14.4 Å². The third-order valence-corrected chi connectivity index (χ3v) is 4.23. The number of nitrogens with zero attached hydrogens (tertiary/aromatic N) is 2. The summed E-state index contributed by atoms with van der Waals surface area (Å²) >= 11 is 2.85. The molecule has 96 valence electrons. The van der Waals surface area contributed by atoms with Crippen LogP contribution in [0.5, 0.6) is 5.88 Å². The van der Waals surface area contributed by atoms with E-state index in [0.717, 1.165) is 10.0 Å². The summed E-state index contributed by atoms with van der Waals surface area (Å²) in [5.74, 6) is -0.239. The monoisotopic (exact) mass is 292 g/mol. The van der Waals surface area contributed by atoms with Gasteiger partial charge in [0.1, 0.15) is 15.8 Å². The van der Waals surface area contributed by atoms with Crippen molar-refractivity contribution in [3.63, 3.8) is 0 Å². The van der Waals surface area contributed by atoms with E-state index in [9.17, 15) is 9.50 Å². The van der Waals surface area contributed by atoms with Gasteiger partial charge in [-0.1, -0.05) is 12.1 Å². The van der Waals surface area contributed by atoms with Crippen molar-refractivity contribution in [3.8, 4) is 17.1 Å². The number of aromatic hydroxyl groups is 1. The van der Waals surface area contributed by atoms with Crippen molar-refractivity contribution in [3.05, 3.63) is 50.9 Å². The molecule has 0 aliphatic carbocycles. The molecule has 1 N–H and O–H groups in total. The molecule has 2 aromatic heterocycles. The highest BCUT2D eigenvalue weighted by molar-refractivity contribution is 7.11. The van der Waals surface area contributed by atoms with E-state index in [1.807, 2.05) is 5.38 Å². The molecule has 0 aliphatic rings. The Kier molecular flexibility index (Phi) is 3.27. The summed E-state index contributed by atoms with van der Waals surface area (Å²) in [5.41, 5.74) is 1.14. The number of halogens is 1. The number of aromatic nitrogens is 2. The van der Waals surface area contributed by atoms with Crippen LogP contribution < -0.4 is 0 Å². The van der Waals surface area contributed by atoms with E-state index >= 15 is 0 Å². The van der Waals surface area contributed by atoms with Crippen LogP contribution in [0.15, 0.2) is 35.0 Å². The van der Waals surface area contributed by atoms with Crippen molar-refractivity contribution in [1.82, 2.24) is 9.97 Å². The Morgan fingerprint density at radius 2 is 1.79 bits per heavy atom. The van der Waals surface area contributed by atoms with Crippen molar-refractivity contribution in [1.29, 1.82) is 0 Å². The molecule has 0 bridgehead atoms. The maximum atomic E-state index is 13.6. The molecular weight excluding hydrogens is 283 g/mol. The molecule has 0 spiro atoms. The minimum Gasteiger partial charge on any atom is -0.493 e. The Bertz CT molecular complexity index is 708. The smallest absolute Gasteiger partial charge is 0.222 e. The predicted octanol–water partition coefficient (Wildman–Crippen LogP) is 3.70. The molecule has 2 heterocycles. The summed E-state index contributed by atoms with van der Waals surface area (Å²) in [4.78, 5) is 8.38. The minimum absolute atomic E-state index is 0.0332.